The van der Waals surface area contributed by atoms with Gasteiger partial charge < -0.3 is 5.73 Å². The molecule has 3 aromatic rings. The van der Waals surface area contributed by atoms with E-state index in [1.54, 1.807) is 23.1 Å². The van der Waals surface area contributed by atoms with Crippen molar-refractivity contribution in [2.75, 3.05) is 0 Å². The minimum atomic E-state index is 0.523. The van der Waals surface area contributed by atoms with Gasteiger partial charge in [-0.05, 0) is 5.56 Å². The monoisotopic (exact) mass is 275 g/mol. The Balaban J connectivity index is 1.84. The van der Waals surface area contributed by atoms with Crippen molar-refractivity contribution in [3.05, 3.63) is 53.2 Å². The molecule has 92 valence electrons. The summed E-state index contributed by atoms with van der Waals surface area (Å²) >= 11 is 3.39. The van der Waals surface area contributed by atoms with Crippen molar-refractivity contribution >= 4 is 28.1 Å². The van der Waals surface area contributed by atoms with Gasteiger partial charge in [-0.25, -0.2) is 4.98 Å². The van der Waals surface area contributed by atoms with Crippen LogP contribution in [0.2, 0.25) is 0 Å². The lowest BCUT2D eigenvalue weighted by molar-refractivity contribution is 0.924. The highest BCUT2D eigenvalue weighted by Gasteiger charge is 2.11. The van der Waals surface area contributed by atoms with Gasteiger partial charge in [0.15, 0.2) is 4.96 Å². The number of thioether (sulfide) groups is 1. The molecule has 0 bridgehead atoms. The zero-order chi connectivity index (χ0) is 12.4. The van der Waals surface area contributed by atoms with Gasteiger partial charge in [-0.2, -0.15) is 0 Å². The average Bonchev–Trinajstić information content (AvgIpc) is 2.97. The highest BCUT2D eigenvalue weighted by molar-refractivity contribution is 7.98. The van der Waals surface area contributed by atoms with Gasteiger partial charge in [-0.3, -0.25) is 4.40 Å². The molecule has 2 N–H and O–H groups in total. The number of fused-ring (bicyclic) bond motifs is 1. The van der Waals surface area contributed by atoms with Crippen LogP contribution in [0.4, 0.5) is 0 Å². The highest BCUT2D eigenvalue weighted by atomic mass is 32.2. The predicted octanol–water partition coefficient (Wildman–Crippen LogP) is 3.15. The fraction of sp³-hybridized carbons (Fsp3) is 0.154. The summed E-state index contributed by atoms with van der Waals surface area (Å²) in [7, 11) is 0. The molecule has 0 saturated heterocycles. The first-order valence-electron chi connectivity index (χ1n) is 5.69. The topological polar surface area (TPSA) is 43.3 Å². The minimum Gasteiger partial charge on any atom is -0.325 e. The van der Waals surface area contributed by atoms with Gasteiger partial charge >= 0.3 is 0 Å². The van der Waals surface area contributed by atoms with Gasteiger partial charge in [-0.1, -0.05) is 42.1 Å². The molecule has 0 radical (unpaired) electrons. The largest absolute Gasteiger partial charge is 0.325 e. The molecule has 5 heteroatoms. The summed E-state index contributed by atoms with van der Waals surface area (Å²) < 4.78 is 2.08. The smallest absolute Gasteiger partial charge is 0.194 e. The maximum absolute atomic E-state index is 5.82. The molecule has 0 aliphatic rings. The molecule has 0 fully saturated rings. The quantitative estimate of drug-likeness (QED) is 0.744. The Morgan fingerprint density at radius 1 is 1.28 bits per heavy atom. The van der Waals surface area contributed by atoms with Crippen LogP contribution in [0.15, 0.2) is 46.9 Å². The van der Waals surface area contributed by atoms with E-state index in [-0.39, 0.29) is 0 Å². The molecule has 2 aromatic heterocycles. The van der Waals surface area contributed by atoms with Crippen LogP contribution in [0.1, 0.15) is 11.3 Å². The van der Waals surface area contributed by atoms with E-state index in [9.17, 15) is 0 Å². The molecule has 1 aromatic carbocycles. The van der Waals surface area contributed by atoms with Crippen molar-refractivity contribution in [3.8, 4) is 0 Å². The van der Waals surface area contributed by atoms with E-state index in [4.69, 9.17) is 5.73 Å². The van der Waals surface area contributed by atoms with E-state index in [0.29, 0.717) is 6.54 Å². The summed E-state index contributed by atoms with van der Waals surface area (Å²) in [6.07, 6.45) is 2.03. The van der Waals surface area contributed by atoms with Crippen LogP contribution in [0.25, 0.3) is 4.96 Å². The number of thiazole rings is 1. The van der Waals surface area contributed by atoms with Gasteiger partial charge in [0.05, 0.1) is 5.69 Å². The first kappa shape index (κ1) is 11.8. The molecule has 0 aliphatic carbocycles. The van der Waals surface area contributed by atoms with E-state index in [2.05, 4.69) is 33.7 Å². The molecular weight excluding hydrogens is 262 g/mol. The maximum Gasteiger partial charge on any atom is 0.194 e. The highest BCUT2D eigenvalue weighted by Crippen LogP contribution is 2.28. The van der Waals surface area contributed by atoms with Crippen molar-refractivity contribution in [2.24, 2.45) is 5.73 Å². The van der Waals surface area contributed by atoms with Gasteiger partial charge in [0, 0.05) is 23.9 Å². The Labute approximate surface area is 114 Å². The number of benzene rings is 1. The zero-order valence-corrected chi connectivity index (χ0v) is 11.4. The Kier molecular flexibility index (Phi) is 3.36. The summed E-state index contributed by atoms with van der Waals surface area (Å²) in [5, 5.41) is 3.08. The first-order valence-corrected chi connectivity index (χ1v) is 7.56. The van der Waals surface area contributed by atoms with Crippen LogP contribution in [-0.4, -0.2) is 9.38 Å². The van der Waals surface area contributed by atoms with E-state index in [0.717, 1.165) is 21.4 Å². The van der Waals surface area contributed by atoms with Gasteiger partial charge in [-0.15, -0.1) is 11.3 Å². The average molecular weight is 275 g/mol. The Bertz CT molecular complexity index is 643. The fourth-order valence-electron chi connectivity index (χ4n) is 1.84. The number of aromatic nitrogens is 2. The molecule has 2 heterocycles. The standard InChI is InChI=1S/C13H13N3S2/c14-8-11-12(15-13-16(11)6-7-17-13)18-9-10-4-2-1-3-5-10/h1-7H,8-9,14H2. The second kappa shape index (κ2) is 5.14. The Morgan fingerprint density at radius 2 is 2.11 bits per heavy atom. The molecule has 0 aliphatic heterocycles. The number of imidazole rings is 1. The third kappa shape index (κ3) is 2.16. The normalized spacial score (nSPS) is 11.2. The van der Waals surface area contributed by atoms with Crippen LogP contribution in [0, 0.1) is 0 Å². The Hall–Kier alpha value is -1.30. The van der Waals surface area contributed by atoms with Crippen LogP contribution in [-0.2, 0) is 12.3 Å². The van der Waals surface area contributed by atoms with E-state index < -0.39 is 0 Å². The summed E-state index contributed by atoms with van der Waals surface area (Å²) in [5.74, 6) is 0.929. The number of rotatable bonds is 4. The van der Waals surface area contributed by atoms with E-state index >= 15 is 0 Å². The third-order valence-electron chi connectivity index (χ3n) is 2.74. The van der Waals surface area contributed by atoms with Crippen molar-refractivity contribution in [2.45, 2.75) is 17.3 Å². The van der Waals surface area contributed by atoms with Crippen molar-refractivity contribution in [3.63, 3.8) is 0 Å². The molecule has 3 rings (SSSR count). The number of hydrogen-bond acceptors (Lipinski definition) is 4. The summed E-state index contributed by atoms with van der Waals surface area (Å²) in [6.45, 7) is 0.523. The number of hydrogen-bond donors (Lipinski definition) is 1. The zero-order valence-electron chi connectivity index (χ0n) is 9.74. The Morgan fingerprint density at radius 3 is 2.89 bits per heavy atom. The lowest BCUT2D eigenvalue weighted by atomic mass is 10.2. The lowest BCUT2D eigenvalue weighted by Gasteiger charge is -2.01. The van der Waals surface area contributed by atoms with Crippen LogP contribution in [0.3, 0.4) is 0 Å². The second-order valence-electron chi connectivity index (χ2n) is 3.90. The van der Waals surface area contributed by atoms with Crippen LogP contribution in [0.5, 0.6) is 0 Å². The van der Waals surface area contributed by atoms with E-state index in [1.807, 2.05) is 17.6 Å². The van der Waals surface area contributed by atoms with Crippen LogP contribution >= 0.6 is 23.1 Å². The van der Waals surface area contributed by atoms with E-state index in [1.165, 1.54) is 5.56 Å². The van der Waals surface area contributed by atoms with Gasteiger partial charge in [0.25, 0.3) is 0 Å². The molecule has 0 unspecified atom stereocenters. The van der Waals surface area contributed by atoms with Gasteiger partial charge in [0.1, 0.15) is 5.03 Å². The molecule has 3 nitrogen and oxygen atoms in total. The number of nitrogens with two attached hydrogens (primary N) is 1. The molecule has 0 spiro atoms. The molecule has 0 amide bonds. The summed E-state index contributed by atoms with van der Waals surface area (Å²) in [4.78, 5) is 5.64. The SMILES string of the molecule is NCc1c(SCc2ccccc2)nc2sccn12. The molecular formula is C13H13N3S2. The van der Waals surface area contributed by atoms with Gasteiger partial charge in [0.2, 0.25) is 0 Å². The minimum absolute atomic E-state index is 0.523. The lowest BCUT2D eigenvalue weighted by Crippen LogP contribution is -2.01. The fourth-order valence-corrected chi connectivity index (χ4v) is 3.63. The number of nitrogens with zero attached hydrogens (tertiary/aromatic N) is 2. The van der Waals surface area contributed by atoms with Crippen molar-refractivity contribution in [1.82, 2.24) is 9.38 Å². The summed E-state index contributed by atoms with van der Waals surface area (Å²) in [6, 6.07) is 10.4. The molecule has 18 heavy (non-hydrogen) atoms. The summed E-state index contributed by atoms with van der Waals surface area (Å²) in [5.41, 5.74) is 8.23. The van der Waals surface area contributed by atoms with Crippen LogP contribution < -0.4 is 5.73 Å². The van der Waals surface area contributed by atoms with Crippen molar-refractivity contribution < 1.29 is 0 Å². The predicted molar refractivity (Wildman–Crippen MR) is 77.0 cm³/mol. The van der Waals surface area contributed by atoms with Crippen molar-refractivity contribution in [1.29, 1.82) is 0 Å². The molecule has 0 atom stereocenters. The third-order valence-corrected chi connectivity index (χ3v) is 4.57. The molecule has 0 saturated carbocycles. The first-order chi connectivity index (χ1) is 8.88. The second-order valence-corrected chi connectivity index (χ2v) is 5.73. The maximum atomic E-state index is 5.82.